The normalized spacial score (nSPS) is 21.5. The van der Waals surface area contributed by atoms with Crippen LogP contribution >= 0.6 is 0 Å². The van der Waals surface area contributed by atoms with Crippen molar-refractivity contribution in [3.63, 3.8) is 0 Å². The molecule has 2 aliphatic rings. The lowest BCUT2D eigenvalue weighted by molar-refractivity contribution is -0.162. The summed E-state index contributed by atoms with van der Waals surface area (Å²) < 4.78 is 10.9. The first kappa shape index (κ1) is 17.7. The molecule has 1 aliphatic carbocycles. The van der Waals surface area contributed by atoms with E-state index in [1.165, 1.54) is 0 Å². The van der Waals surface area contributed by atoms with Crippen LogP contribution in [0.15, 0.2) is 34.9 Å². The highest BCUT2D eigenvalue weighted by molar-refractivity contribution is 5.86. The zero-order valence-corrected chi connectivity index (χ0v) is 14.8. The predicted molar refractivity (Wildman–Crippen MR) is 93.5 cm³/mol. The zero-order valence-electron chi connectivity index (χ0n) is 14.8. The molecule has 8 nitrogen and oxygen atoms in total. The summed E-state index contributed by atoms with van der Waals surface area (Å²) in [7, 11) is 0. The minimum absolute atomic E-state index is 0.00221. The van der Waals surface area contributed by atoms with Gasteiger partial charge in [0, 0.05) is 18.5 Å². The van der Waals surface area contributed by atoms with Crippen LogP contribution in [0.4, 0.5) is 0 Å². The van der Waals surface area contributed by atoms with Gasteiger partial charge in [0.25, 0.3) is 5.89 Å². The highest BCUT2D eigenvalue weighted by Crippen LogP contribution is 2.45. The Morgan fingerprint density at radius 3 is 2.70 bits per heavy atom. The Morgan fingerprint density at radius 1 is 1.26 bits per heavy atom. The van der Waals surface area contributed by atoms with Crippen LogP contribution in [-0.2, 0) is 14.3 Å². The molecule has 0 spiro atoms. The molecule has 142 valence electrons. The molecule has 4 rings (SSSR count). The lowest BCUT2D eigenvalue weighted by Gasteiger charge is -2.40. The summed E-state index contributed by atoms with van der Waals surface area (Å²) in [5, 5.41) is 13.5. The SMILES string of the molecule is O=C(CC1(C(=O)O)CCC1)N1CCOCC1c1noc(-c2ccccc2)n1. The van der Waals surface area contributed by atoms with Crippen molar-refractivity contribution in [3.8, 4) is 11.5 Å². The van der Waals surface area contributed by atoms with Crippen molar-refractivity contribution in [3.05, 3.63) is 36.2 Å². The highest BCUT2D eigenvalue weighted by Gasteiger charge is 2.47. The van der Waals surface area contributed by atoms with Gasteiger partial charge in [0.1, 0.15) is 6.04 Å². The van der Waals surface area contributed by atoms with Crippen LogP contribution in [0.3, 0.4) is 0 Å². The van der Waals surface area contributed by atoms with Gasteiger partial charge in [-0.1, -0.05) is 29.8 Å². The van der Waals surface area contributed by atoms with Crippen molar-refractivity contribution in [2.75, 3.05) is 19.8 Å². The first-order valence-electron chi connectivity index (χ1n) is 9.09. The average molecular weight is 371 g/mol. The number of carbonyl (C=O) groups excluding carboxylic acids is 1. The Labute approximate surface area is 156 Å². The molecule has 1 unspecified atom stereocenters. The standard InChI is InChI=1S/C19H21N3O5/c23-15(11-19(18(24)25)7-4-8-19)22-9-10-26-12-14(22)16-20-17(27-21-16)13-5-2-1-3-6-13/h1-3,5-6,14H,4,7-12H2,(H,24,25). The Hall–Kier alpha value is -2.74. The van der Waals surface area contributed by atoms with Gasteiger partial charge in [0.05, 0.1) is 18.6 Å². The first-order chi connectivity index (χ1) is 13.1. The maximum atomic E-state index is 12.9. The second-order valence-electron chi connectivity index (χ2n) is 7.12. The summed E-state index contributed by atoms with van der Waals surface area (Å²) in [5.41, 5.74) is -0.128. The van der Waals surface area contributed by atoms with Crippen LogP contribution in [0.25, 0.3) is 11.5 Å². The van der Waals surface area contributed by atoms with Gasteiger partial charge in [0.2, 0.25) is 5.91 Å². The lowest BCUT2D eigenvalue weighted by atomic mass is 9.66. The molecule has 27 heavy (non-hydrogen) atoms. The number of rotatable bonds is 5. The number of carbonyl (C=O) groups is 2. The summed E-state index contributed by atoms with van der Waals surface area (Å²) in [6.07, 6.45) is 1.94. The number of carboxylic acid groups (broad SMARTS) is 1. The largest absolute Gasteiger partial charge is 0.481 e. The zero-order chi connectivity index (χ0) is 18.9. The third kappa shape index (κ3) is 3.32. The summed E-state index contributed by atoms with van der Waals surface area (Å²) in [4.78, 5) is 30.6. The monoisotopic (exact) mass is 371 g/mol. The van der Waals surface area contributed by atoms with E-state index in [4.69, 9.17) is 9.26 Å². The number of carboxylic acids is 1. The van der Waals surface area contributed by atoms with Gasteiger partial charge in [-0.15, -0.1) is 0 Å². The molecule has 1 saturated heterocycles. The molecule has 0 bridgehead atoms. The molecule has 2 aromatic rings. The molecule has 1 amide bonds. The van der Waals surface area contributed by atoms with Crippen molar-refractivity contribution in [1.82, 2.24) is 15.0 Å². The molecule has 1 aromatic heterocycles. The van der Waals surface area contributed by atoms with Crippen molar-refractivity contribution in [2.24, 2.45) is 5.41 Å². The van der Waals surface area contributed by atoms with Crippen molar-refractivity contribution in [1.29, 1.82) is 0 Å². The first-order valence-corrected chi connectivity index (χ1v) is 9.09. The molecule has 2 fully saturated rings. The minimum Gasteiger partial charge on any atom is -0.481 e. The molecule has 1 atom stereocenters. The number of hydrogen-bond acceptors (Lipinski definition) is 6. The molecule has 2 heterocycles. The van der Waals surface area contributed by atoms with Crippen LogP contribution in [0.2, 0.25) is 0 Å². The molecular formula is C19H21N3O5. The smallest absolute Gasteiger partial charge is 0.310 e. The fourth-order valence-electron chi connectivity index (χ4n) is 3.65. The molecule has 1 aromatic carbocycles. The maximum absolute atomic E-state index is 12.9. The van der Waals surface area contributed by atoms with Gasteiger partial charge < -0.3 is 19.3 Å². The second kappa shape index (κ2) is 7.11. The highest BCUT2D eigenvalue weighted by atomic mass is 16.5. The Kier molecular flexibility index (Phi) is 4.65. The van der Waals surface area contributed by atoms with Crippen molar-refractivity contribution >= 4 is 11.9 Å². The van der Waals surface area contributed by atoms with Crippen molar-refractivity contribution < 1.29 is 24.0 Å². The van der Waals surface area contributed by atoms with Crippen LogP contribution < -0.4 is 0 Å². The second-order valence-corrected chi connectivity index (χ2v) is 7.12. The third-order valence-corrected chi connectivity index (χ3v) is 5.46. The summed E-state index contributed by atoms with van der Waals surface area (Å²) >= 11 is 0. The average Bonchev–Trinajstić information content (AvgIpc) is 3.15. The van der Waals surface area contributed by atoms with Crippen LogP contribution in [0, 0.1) is 5.41 Å². The topological polar surface area (TPSA) is 106 Å². The van der Waals surface area contributed by atoms with Gasteiger partial charge in [-0.2, -0.15) is 4.98 Å². The van der Waals surface area contributed by atoms with Crippen molar-refractivity contribution in [2.45, 2.75) is 31.7 Å². The van der Waals surface area contributed by atoms with E-state index in [9.17, 15) is 14.7 Å². The minimum atomic E-state index is -0.924. The number of hydrogen-bond donors (Lipinski definition) is 1. The molecule has 1 aliphatic heterocycles. The van der Waals surface area contributed by atoms with E-state index < -0.39 is 17.4 Å². The summed E-state index contributed by atoms with van der Waals surface area (Å²) in [6.45, 7) is 1.06. The van der Waals surface area contributed by atoms with Crippen LogP contribution in [-0.4, -0.2) is 51.8 Å². The van der Waals surface area contributed by atoms with Crippen LogP contribution in [0.1, 0.15) is 37.5 Å². The fraction of sp³-hybridized carbons (Fsp3) is 0.474. The molecule has 0 radical (unpaired) electrons. The number of amides is 1. The van der Waals surface area contributed by atoms with Crippen LogP contribution in [0.5, 0.6) is 0 Å². The molecule has 8 heteroatoms. The van der Waals surface area contributed by atoms with E-state index in [0.29, 0.717) is 37.7 Å². The Bertz CT molecular complexity index is 831. The Morgan fingerprint density at radius 2 is 2.04 bits per heavy atom. The molecular weight excluding hydrogens is 350 g/mol. The number of morpholine rings is 1. The molecule has 1 N–H and O–H groups in total. The van der Waals surface area contributed by atoms with E-state index in [-0.39, 0.29) is 18.9 Å². The number of nitrogens with zero attached hydrogens (tertiary/aromatic N) is 3. The summed E-state index contributed by atoms with van der Waals surface area (Å²) in [6, 6.07) is 8.91. The fourth-order valence-corrected chi connectivity index (χ4v) is 3.65. The third-order valence-electron chi connectivity index (χ3n) is 5.46. The summed E-state index contributed by atoms with van der Waals surface area (Å²) in [5.74, 6) is -0.334. The van der Waals surface area contributed by atoms with Gasteiger partial charge in [0.15, 0.2) is 5.82 Å². The Balaban J connectivity index is 1.53. The van der Waals surface area contributed by atoms with Gasteiger partial charge in [-0.3, -0.25) is 9.59 Å². The van der Waals surface area contributed by atoms with Gasteiger partial charge >= 0.3 is 5.97 Å². The quantitative estimate of drug-likeness (QED) is 0.859. The maximum Gasteiger partial charge on any atom is 0.310 e. The van der Waals surface area contributed by atoms with Gasteiger partial charge in [-0.25, -0.2) is 0 Å². The number of aromatic nitrogens is 2. The molecule has 1 saturated carbocycles. The van der Waals surface area contributed by atoms with Gasteiger partial charge in [-0.05, 0) is 25.0 Å². The number of aliphatic carboxylic acids is 1. The van der Waals surface area contributed by atoms with E-state index in [2.05, 4.69) is 10.1 Å². The van der Waals surface area contributed by atoms with E-state index in [0.717, 1.165) is 12.0 Å². The van der Waals surface area contributed by atoms with E-state index in [1.807, 2.05) is 30.3 Å². The number of benzene rings is 1. The van der Waals surface area contributed by atoms with E-state index >= 15 is 0 Å². The lowest BCUT2D eigenvalue weighted by Crippen LogP contribution is -2.48. The predicted octanol–water partition coefficient (Wildman–Crippen LogP) is 2.28. The van der Waals surface area contributed by atoms with E-state index in [1.54, 1.807) is 4.90 Å². The number of ether oxygens (including phenoxy) is 1.